The van der Waals surface area contributed by atoms with Crippen molar-refractivity contribution in [1.29, 1.82) is 0 Å². The summed E-state index contributed by atoms with van der Waals surface area (Å²) in [6, 6.07) is 6.34. The first kappa shape index (κ1) is 31.3. The molecule has 0 bridgehead atoms. The number of ether oxygens (including phenoxy) is 2. The molecule has 2 rings (SSSR count). The molecule has 0 aromatic heterocycles. The number of piperidine rings is 1. The van der Waals surface area contributed by atoms with Crippen molar-refractivity contribution < 1.29 is 32.0 Å². The maximum absolute atomic E-state index is 10.4. The normalized spacial score (nSPS) is 18.9. The molecule has 0 amide bonds. The van der Waals surface area contributed by atoms with Crippen LogP contribution in [0.1, 0.15) is 46.1 Å². The number of aliphatic hydroxyl groups is 1. The lowest BCUT2D eigenvalue weighted by atomic mass is 9.78. The third-order valence-corrected chi connectivity index (χ3v) is 8.02. The smallest absolute Gasteiger partial charge is 0.124 e. The van der Waals surface area contributed by atoms with E-state index in [1.807, 2.05) is 11.3 Å². The van der Waals surface area contributed by atoms with E-state index in [1.54, 1.807) is 12.1 Å². The lowest BCUT2D eigenvalue weighted by Crippen LogP contribution is -2.64. The molecular weight excluding hydrogens is 480 g/mol. The summed E-state index contributed by atoms with van der Waals surface area (Å²) in [7, 11) is 0.299. The summed E-state index contributed by atoms with van der Waals surface area (Å²) in [6.45, 7) is 14.0. The van der Waals surface area contributed by atoms with Gasteiger partial charge in [0.25, 0.3) is 0 Å². The van der Waals surface area contributed by atoms with Gasteiger partial charge in [-0.3, -0.25) is 0 Å². The van der Waals surface area contributed by atoms with Crippen LogP contribution in [0.4, 0.5) is 0 Å². The SMILES string of the molecule is CC1(C)CC([N+](C)(C)CCOCCOCCO)CC(C)(C)N1Cl.Cc1ccc(S(=O)(=O)[O-])cc1. The lowest BCUT2D eigenvalue weighted by Gasteiger charge is -2.54. The molecule has 10 heteroatoms. The molecule has 0 atom stereocenters. The van der Waals surface area contributed by atoms with Crippen molar-refractivity contribution in [2.75, 3.05) is 53.7 Å². The van der Waals surface area contributed by atoms with Crippen molar-refractivity contribution in [3.8, 4) is 0 Å². The molecule has 34 heavy (non-hydrogen) atoms. The minimum absolute atomic E-state index is 0.0114. The number of rotatable bonds is 10. The van der Waals surface area contributed by atoms with Crippen molar-refractivity contribution in [3.05, 3.63) is 29.8 Å². The molecule has 1 N–H and O–H groups in total. The molecular formula is C24H43ClN2O6S. The van der Waals surface area contributed by atoms with Gasteiger partial charge in [0.2, 0.25) is 0 Å². The van der Waals surface area contributed by atoms with Gasteiger partial charge in [-0.15, -0.1) is 0 Å². The minimum atomic E-state index is -4.27. The van der Waals surface area contributed by atoms with Crippen LogP contribution in [0, 0.1) is 6.92 Å². The summed E-state index contributed by atoms with van der Waals surface area (Å²) in [5.74, 6) is 0. The highest BCUT2D eigenvalue weighted by atomic mass is 35.5. The molecule has 0 radical (unpaired) electrons. The minimum Gasteiger partial charge on any atom is -0.744 e. The fourth-order valence-electron chi connectivity index (χ4n) is 4.27. The Bertz CT molecular complexity index is 826. The first-order valence-electron chi connectivity index (χ1n) is 11.6. The van der Waals surface area contributed by atoms with Crippen molar-refractivity contribution in [2.45, 2.75) is 69.5 Å². The van der Waals surface area contributed by atoms with Crippen LogP contribution >= 0.6 is 11.8 Å². The highest BCUT2D eigenvalue weighted by Crippen LogP contribution is 2.42. The van der Waals surface area contributed by atoms with E-state index in [1.165, 1.54) is 12.1 Å². The average Bonchev–Trinajstić information content (AvgIpc) is 2.71. The maximum atomic E-state index is 10.4. The van der Waals surface area contributed by atoms with E-state index in [0.717, 1.165) is 36.0 Å². The first-order chi connectivity index (χ1) is 15.5. The summed E-state index contributed by atoms with van der Waals surface area (Å²) in [6.07, 6.45) is 2.15. The number of aryl methyl sites for hydroxylation is 1. The molecule has 1 aliphatic heterocycles. The van der Waals surface area contributed by atoms with Gasteiger partial charge in [-0.25, -0.2) is 12.8 Å². The number of aliphatic hydroxyl groups excluding tert-OH is 1. The molecule has 0 saturated carbocycles. The molecule has 1 aliphatic rings. The van der Waals surface area contributed by atoms with Gasteiger partial charge < -0.3 is 23.6 Å². The van der Waals surface area contributed by atoms with Gasteiger partial charge in [0.1, 0.15) is 16.7 Å². The van der Waals surface area contributed by atoms with Gasteiger partial charge in [-0.1, -0.05) is 17.7 Å². The van der Waals surface area contributed by atoms with Crippen LogP contribution in [0.25, 0.3) is 0 Å². The second kappa shape index (κ2) is 13.0. The predicted octanol–water partition coefficient (Wildman–Crippen LogP) is 3.16. The predicted molar refractivity (Wildman–Crippen MR) is 134 cm³/mol. The monoisotopic (exact) mass is 522 g/mol. The Kier molecular flexibility index (Phi) is 11.9. The zero-order chi connectivity index (χ0) is 26.2. The van der Waals surface area contributed by atoms with Crippen LogP contribution in [-0.4, -0.2) is 97.8 Å². The van der Waals surface area contributed by atoms with Gasteiger partial charge in [0, 0.05) is 23.9 Å². The van der Waals surface area contributed by atoms with Crippen LogP contribution in [0.5, 0.6) is 0 Å². The summed E-state index contributed by atoms with van der Waals surface area (Å²) in [4.78, 5) is -0.178. The summed E-state index contributed by atoms with van der Waals surface area (Å²) in [5, 5.41) is 8.64. The van der Waals surface area contributed by atoms with Crippen molar-refractivity contribution in [2.24, 2.45) is 0 Å². The number of nitrogens with zero attached hydrogens (tertiary/aromatic N) is 2. The Labute approximate surface area is 211 Å². The molecule has 8 nitrogen and oxygen atoms in total. The van der Waals surface area contributed by atoms with Crippen molar-refractivity contribution in [3.63, 3.8) is 0 Å². The van der Waals surface area contributed by atoms with E-state index in [-0.39, 0.29) is 22.6 Å². The van der Waals surface area contributed by atoms with Crippen molar-refractivity contribution in [1.82, 2.24) is 4.42 Å². The van der Waals surface area contributed by atoms with Gasteiger partial charge >= 0.3 is 0 Å². The molecule has 0 unspecified atom stereocenters. The Morgan fingerprint density at radius 2 is 1.50 bits per heavy atom. The Morgan fingerprint density at radius 1 is 1.03 bits per heavy atom. The van der Waals surface area contributed by atoms with Crippen LogP contribution in [0.15, 0.2) is 29.2 Å². The van der Waals surface area contributed by atoms with Crippen LogP contribution in [0.3, 0.4) is 0 Å². The van der Waals surface area contributed by atoms with E-state index in [2.05, 4.69) is 41.8 Å². The van der Waals surface area contributed by atoms with Gasteiger partial charge in [0.05, 0.1) is 58.1 Å². The maximum Gasteiger partial charge on any atom is 0.124 e. The quantitative estimate of drug-likeness (QED) is 0.218. The van der Waals surface area contributed by atoms with E-state index >= 15 is 0 Å². The zero-order valence-electron chi connectivity index (χ0n) is 21.7. The Hall–Kier alpha value is -0.780. The van der Waals surface area contributed by atoms with E-state index < -0.39 is 10.1 Å². The average molecular weight is 523 g/mol. The fourth-order valence-corrected chi connectivity index (χ4v) is 4.88. The third-order valence-electron chi connectivity index (χ3n) is 6.25. The molecule has 198 valence electrons. The molecule has 1 heterocycles. The third kappa shape index (κ3) is 10.1. The molecule has 1 saturated heterocycles. The summed E-state index contributed by atoms with van der Waals surface area (Å²) >= 11 is 6.57. The van der Waals surface area contributed by atoms with Crippen LogP contribution in [0.2, 0.25) is 0 Å². The topological polar surface area (TPSA) is 99.1 Å². The molecule has 0 spiro atoms. The van der Waals surface area contributed by atoms with Gasteiger partial charge in [0.15, 0.2) is 0 Å². The molecule has 1 aromatic carbocycles. The largest absolute Gasteiger partial charge is 0.744 e. The van der Waals surface area contributed by atoms with Crippen LogP contribution in [-0.2, 0) is 19.6 Å². The highest BCUT2D eigenvalue weighted by molar-refractivity contribution is 7.85. The first-order valence-corrected chi connectivity index (χ1v) is 13.4. The van der Waals surface area contributed by atoms with Crippen LogP contribution < -0.4 is 0 Å². The summed E-state index contributed by atoms with van der Waals surface area (Å²) < 4.78 is 45.0. The molecule has 1 fully saturated rings. The Balaban J connectivity index is 0.000000437. The van der Waals surface area contributed by atoms with E-state index in [9.17, 15) is 13.0 Å². The van der Waals surface area contributed by atoms with E-state index in [0.29, 0.717) is 25.9 Å². The number of benzene rings is 1. The number of quaternary nitrogens is 1. The van der Waals surface area contributed by atoms with E-state index in [4.69, 9.17) is 26.4 Å². The highest BCUT2D eigenvalue weighted by Gasteiger charge is 2.49. The summed E-state index contributed by atoms with van der Waals surface area (Å²) in [5.41, 5.74) is 0.905. The van der Waals surface area contributed by atoms with Gasteiger partial charge in [-0.05, 0) is 58.5 Å². The lowest BCUT2D eigenvalue weighted by molar-refractivity contribution is -0.918. The second-order valence-corrected chi connectivity index (χ2v) is 12.4. The number of hydrogen-bond acceptors (Lipinski definition) is 7. The molecule has 0 aliphatic carbocycles. The molecule has 1 aromatic rings. The standard InChI is InChI=1S/C17H36ClN2O3.C7H8O3S/c1-16(2)13-15(14-17(3,4)19(16)18)20(5,6)7-9-22-11-12-23-10-8-21;1-6-2-4-7(5-3-6)11(8,9)10/h15,21H,7-14H2,1-6H3;2-5H,1H3,(H,8,9,10)/q+1;/p-1. The second-order valence-electron chi connectivity index (χ2n) is 10.7. The number of likely N-dealkylation sites (N-methyl/N-ethyl adjacent to an activating group) is 1. The van der Waals surface area contributed by atoms with Crippen molar-refractivity contribution >= 4 is 21.9 Å². The zero-order valence-corrected chi connectivity index (χ0v) is 23.3. The fraction of sp³-hybridized carbons (Fsp3) is 0.750. The van der Waals surface area contributed by atoms with Gasteiger partial charge in [-0.2, -0.15) is 0 Å². The number of hydrogen-bond donors (Lipinski definition) is 1. The number of halogens is 1. The Morgan fingerprint density at radius 3 is 1.94 bits per heavy atom.